The standard InChI is InChI=1S/C37H29BrN2O5/c1-23-7-10-25(11-8-23)21-44-29-16-14-28(15-17-29)40-36(42)31(35(41)39-37(40)43)19-26-12-18-34(33(38)20-26)45-22-32-24(2)9-13-27-5-3-4-6-30(27)32/h3-20H,21-22H2,1-2H3,(H,39,41,43)/b31-19+. The van der Waals surface area contributed by atoms with Crippen molar-refractivity contribution in [2.24, 2.45) is 0 Å². The average Bonchev–Trinajstić information content (AvgIpc) is 3.03. The molecule has 224 valence electrons. The zero-order valence-electron chi connectivity index (χ0n) is 24.7. The molecule has 0 spiro atoms. The minimum atomic E-state index is -0.816. The van der Waals surface area contributed by atoms with Crippen molar-refractivity contribution in [1.82, 2.24) is 5.32 Å². The summed E-state index contributed by atoms with van der Waals surface area (Å²) in [5.74, 6) is -0.286. The Bertz CT molecular complexity index is 1970. The van der Waals surface area contributed by atoms with E-state index in [0.717, 1.165) is 32.4 Å². The number of barbiturate groups is 1. The van der Waals surface area contributed by atoms with Crippen LogP contribution in [-0.4, -0.2) is 17.8 Å². The van der Waals surface area contributed by atoms with E-state index in [1.165, 1.54) is 11.6 Å². The van der Waals surface area contributed by atoms with Gasteiger partial charge in [0, 0.05) is 5.56 Å². The third-order valence-corrected chi connectivity index (χ3v) is 8.26. The number of imide groups is 2. The molecule has 5 aromatic carbocycles. The molecule has 0 aliphatic carbocycles. The Labute approximate surface area is 269 Å². The van der Waals surface area contributed by atoms with E-state index in [9.17, 15) is 14.4 Å². The van der Waals surface area contributed by atoms with Gasteiger partial charge in [-0.05, 0) is 99.7 Å². The third-order valence-electron chi connectivity index (χ3n) is 7.64. The first kappa shape index (κ1) is 29.8. The number of nitrogens with one attached hydrogen (secondary N) is 1. The van der Waals surface area contributed by atoms with Crippen molar-refractivity contribution in [2.45, 2.75) is 27.1 Å². The summed E-state index contributed by atoms with van der Waals surface area (Å²) in [4.78, 5) is 39.8. The number of nitrogens with zero attached hydrogens (tertiary/aromatic N) is 1. The summed E-state index contributed by atoms with van der Waals surface area (Å²) in [6.45, 7) is 4.84. The number of hydrogen-bond donors (Lipinski definition) is 1. The van der Waals surface area contributed by atoms with Crippen LogP contribution >= 0.6 is 15.9 Å². The topological polar surface area (TPSA) is 84.9 Å². The number of anilines is 1. The number of ether oxygens (including phenoxy) is 2. The molecule has 45 heavy (non-hydrogen) atoms. The fourth-order valence-corrected chi connectivity index (χ4v) is 5.62. The molecule has 0 radical (unpaired) electrons. The number of carbonyl (C=O) groups excluding carboxylic acids is 3. The molecule has 1 aliphatic rings. The number of hydrogen-bond acceptors (Lipinski definition) is 5. The predicted octanol–water partition coefficient (Wildman–Crippen LogP) is 8.04. The first-order valence-corrected chi connectivity index (χ1v) is 15.2. The molecule has 0 aromatic heterocycles. The maximum Gasteiger partial charge on any atom is 0.335 e. The minimum absolute atomic E-state index is 0.166. The van der Waals surface area contributed by atoms with E-state index in [1.54, 1.807) is 42.5 Å². The number of fused-ring (bicyclic) bond motifs is 1. The van der Waals surface area contributed by atoms with Crippen LogP contribution in [0, 0.1) is 13.8 Å². The lowest BCUT2D eigenvalue weighted by atomic mass is 10.0. The molecule has 7 nitrogen and oxygen atoms in total. The molecule has 0 unspecified atom stereocenters. The molecule has 1 heterocycles. The van der Waals surface area contributed by atoms with Gasteiger partial charge < -0.3 is 9.47 Å². The van der Waals surface area contributed by atoms with Crippen LogP contribution in [0.3, 0.4) is 0 Å². The second-order valence-corrected chi connectivity index (χ2v) is 11.6. The lowest BCUT2D eigenvalue weighted by Gasteiger charge is -2.26. The maximum atomic E-state index is 13.4. The van der Waals surface area contributed by atoms with E-state index in [0.29, 0.717) is 40.4 Å². The van der Waals surface area contributed by atoms with E-state index in [2.05, 4.69) is 52.4 Å². The molecular formula is C37H29BrN2O5. The first-order valence-electron chi connectivity index (χ1n) is 14.4. The van der Waals surface area contributed by atoms with Gasteiger partial charge in [0.2, 0.25) is 0 Å². The maximum absolute atomic E-state index is 13.4. The number of amides is 4. The van der Waals surface area contributed by atoms with Crippen molar-refractivity contribution >= 4 is 56.3 Å². The van der Waals surface area contributed by atoms with Crippen molar-refractivity contribution in [3.8, 4) is 11.5 Å². The highest BCUT2D eigenvalue weighted by Gasteiger charge is 2.36. The minimum Gasteiger partial charge on any atom is -0.489 e. The third kappa shape index (κ3) is 6.51. The molecule has 0 bridgehead atoms. The Kier molecular flexibility index (Phi) is 8.49. The Hall–Kier alpha value is -5.21. The Balaban J connectivity index is 1.16. The van der Waals surface area contributed by atoms with Crippen molar-refractivity contribution in [1.29, 1.82) is 0 Å². The van der Waals surface area contributed by atoms with Gasteiger partial charge in [0.15, 0.2) is 0 Å². The van der Waals surface area contributed by atoms with Gasteiger partial charge in [-0.1, -0.05) is 72.3 Å². The van der Waals surface area contributed by atoms with Crippen LogP contribution in [0.1, 0.15) is 27.8 Å². The van der Waals surface area contributed by atoms with Crippen LogP contribution in [0.25, 0.3) is 16.8 Å². The molecule has 1 aliphatic heterocycles. The molecule has 6 rings (SSSR count). The normalized spacial score (nSPS) is 14.2. The quantitative estimate of drug-likeness (QED) is 0.134. The van der Waals surface area contributed by atoms with Crippen LogP contribution in [0.15, 0.2) is 113 Å². The smallest absolute Gasteiger partial charge is 0.335 e. The van der Waals surface area contributed by atoms with Crippen LogP contribution in [0.4, 0.5) is 10.5 Å². The number of halogens is 1. The number of aryl methyl sites for hydroxylation is 2. The number of urea groups is 1. The predicted molar refractivity (Wildman–Crippen MR) is 178 cm³/mol. The Morgan fingerprint density at radius 1 is 0.800 bits per heavy atom. The van der Waals surface area contributed by atoms with Crippen molar-refractivity contribution in [2.75, 3.05) is 4.90 Å². The molecule has 8 heteroatoms. The summed E-state index contributed by atoms with van der Waals surface area (Å²) < 4.78 is 12.7. The lowest BCUT2D eigenvalue weighted by molar-refractivity contribution is -0.122. The Morgan fingerprint density at radius 3 is 2.31 bits per heavy atom. The first-order chi connectivity index (χ1) is 21.8. The fourth-order valence-electron chi connectivity index (χ4n) is 5.11. The molecule has 1 fully saturated rings. The van der Waals surface area contributed by atoms with Crippen LogP contribution in [-0.2, 0) is 22.8 Å². The zero-order chi connectivity index (χ0) is 31.5. The average molecular weight is 662 g/mol. The van der Waals surface area contributed by atoms with Crippen LogP contribution < -0.4 is 19.7 Å². The molecule has 0 atom stereocenters. The summed E-state index contributed by atoms with van der Waals surface area (Å²) >= 11 is 3.56. The summed E-state index contributed by atoms with van der Waals surface area (Å²) in [5, 5.41) is 4.56. The van der Waals surface area contributed by atoms with Crippen molar-refractivity contribution in [3.05, 3.63) is 141 Å². The van der Waals surface area contributed by atoms with Gasteiger partial charge in [0.25, 0.3) is 11.8 Å². The number of carbonyl (C=O) groups is 3. The summed E-state index contributed by atoms with van der Waals surface area (Å²) in [6, 6.07) is 31.4. The summed E-state index contributed by atoms with van der Waals surface area (Å²) in [5.41, 5.74) is 5.16. The van der Waals surface area contributed by atoms with Gasteiger partial charge in [-0.15, -0.1) is 0 Å². The highest BCUT2D eigenvalue weighted by atomic mass is 79.9. The summed E-state index contributed by atoms with van der Waals surface area (Å²) in [7, 11) is 0. The van der Waals surface area contributed by atoms with Gasteiger partial charge in [-0.25, -0.2) is 9.69 Å². The SMILES string of the molecule is Cc1ccc(COc2ccc(N3C(=O)NC(=O)/C(=C\c4ccc(OCc5c(C)ccc6ccccc56)c(Br)c4)C3=O)cc2)cc1. The van der Waals surface area contributed by atoms with Crippen molar-refractivity contribution < 1.29 is 23.9 Å². The van der Waals surface area contributed by atoms with Gasteiger partial charge in [-0.2, -0.15) is 0 Å². The van der Waals surface area contributed by atoms with Crippen molar-refractivity contribution in [3.63, 3.8) is 0 Å². The van der Waals surface area contributed by atoms with Gasteiger partial charge in [-0.3, -0.25) is 14.9 Å². The second kappa shape index (κ2) is 12.8. The number of benzene rings is 5. The largest absolute Gasteiger partial charge is 0.489 e. The van der Waals surface area contributed by atoms with Crippen LogP contribution in [0.2, 0.25) is 0 Å². The summed E-state index contributed by atoms with van der Waals surface area (Å²) in [6.07, 6.45) is 1.46. The van der Waals surface area contributed by atoms with Crippen LogP contribution in [0.5, 0.6) is 11.5 Å². The van der Waals surface area contributed by atoms with E-state index < -0.39 is 17.8 Å². The van der Waals surface area contributed by atoms with E-state index in [1.807, 2.05) is 43.3 Å². The molecule has 0 saturated carbocycles. The highest BCUT2D eigenvalue weighted by Crippen LogP contribution is 2.31. The Morgan fingerprint density at radius 2 is 1.56 bits per heavy atom. The molecule has 1 saturated heterocycles. The van der Waals surface area contributed by atoms with Gasteiger partial charge in [0.05, 0.1) is 10.2 Å². The molecule has 1 N–H and O–H groups in total. The van der Waals surface area contributed by atoms with E-state index in [-0.39, 0.29) is 5.57 Å². The fraction of sp³-hybridized carbons (Fsp3) is 0.108. The number of rotatable bonds is 8. The van der Waals surface area contributed by atoms with E-state index in [4.69, 9.17) is 9.47 Å². The second-order valence-electron chi connectivity index (χ2n) is 10.8. The molecular weight excluding hydrogens is 632 g/mol. The molecule has 5 aromatic rings. The lowest BCUT2D eigenvalue weighted by Crippen LogP contribution is -2.54. The zero-order valence-corrected chi connectivity index (χ0v) is 26.3. The van der Waals surface area contributed by atoms with E-state index >= 15 is 0 Å². The highest BCUT2D eigenvalue weighted by molar-refractivity contribution is 9.10. The molecule has 4 amide bonds. The van der Waals surface area contributed by atoms with Gasteiger partial charge in [0.1, 0.15) is 30.3 Å². The monoisotopic (exact) mass is 660 g/mol. The van der Waals surface area contributed by atoms with Gasteiger partial charge >= 0.3 is 6.03 Å².